The number of nitrogen functional groups attached to an aromatic ring is 1. The Hall–Kier alpha value is -2.91. The van der Waals surface area contributed by atoms with Crippen molar-refractivity contribution in [3.63, 3.8) is 0 Å². The second-order valence-corrected chi connectivity index (χ2v) is 4.13. The molecule has 0 spiro atoms. The molecule has 4 N–H and O–H groups in total. The van der Waals surface area contributed by atoms with E-state index in [-0.39, 0.29) is 5.91 Å². The number of aromatic nitrogens is 1. The normalized spacial score (nSPS) is 9.65. The third-order valence-electron chi connectivity index (χ3n) is 2.85. The third kappa shape index (κ3) is 2.58. The van der Waals surface area contributed by atoms with Crippen molar-refractivity contribution in [1.82, 2.24) is 4.98 Å². The van der Waals surface area contributed by atoms with Crippen LogP contribution in [0.25, 0.3) is 0 Å². The first-order valence-corrected chi connectivity index (χ1v) is 5.89. The number of rotatable bonds is 3. The number of anilines is 2. The summed E-state index contributed by atoms with van der Waals surface area (Å²) in [5, 5.41) is 11.8. The van der Waals surface area contributed by atoms with Crippen LogP contribution in [-0.4, -0.2) is 10.9 Å². The minimum Gasteiger partial charge on any atom is -0.322 e. The summed E-state index contributed by atoms with van der Waals surface area (Å²) in [5.74, 6) is 4.98. The molecular weight excluding hydrogens is 254 g/mol. The summed E-state index contributed by atoms with van der Waals surface area (Å²) in [4.78, 5) is 16.1. The molecule has 20 heavy (non-hydrogen) atoms. The molecule has 0 aliphatic carbocycles. The molecule has 0 aliphatic rings. The molecule has 0 atom stereocenters. The monoisotopic (exact) mass is 267 g/mol. The highest BCUT2D eigenvalue weighted by Crippen LogP contribution is 2.20. The molecule has 0 bridgehead atoms. The van der Waals surface area contributed by atoms with E-state index in [4.69, 9.17) is 11.1 Å². The number of hydrogen-bond donors (Lipinski definition) is 3. The maximum atomic E-state index is 12.2. The number of hydrazine groups is 1. The maximum absolute atomic E-state index is 12.2. The molecule has 1 aromatic heterocycles. The lowest BCUT2D eigenvalue weighted by Crippen LogP contribution is -2.18. The Morgan fingerprint density at radius 2 is 2.15 bits per heavy atom. The average Bonchev–Trinajstić information content (AvgIpc) is 2.47. The largest absolute Gasteiger partial charge is 0.322 e. The molecule has 6 heteroatoms. The summed E-state index contributed by atoms with van der Waals surface area (Å²) >= 11 is 0. The van der Waals surface area contributed by atoms with Crippen molar-refractivity contribution in [1.29, 1.82) is 5.26 Å². The van der Waals surface area contributed by atoms with Crippen molar-refractivity contribution in [3.05, 3.63) is 53.3 Å². The predicted octanol–water partition coefficient (Wildman–Crippen LogP) is 1.80. The van der Waals surface area contributed by atoms with E-state index in [1.54, 1.807) is 18.2 Å². The number of benzene rings is 1. The first-order chi connectivity index (χ1) is 9.67. The first-order valence-electron chi connectivity index (χ1n) is 5.89. The van der Waals surface area contributed by atoms with Gasteiger partial charge < -0.3 is 10.7 Å². The van der Waals surface area contributed by atoms with Gasteiger partial charge in [-0.1, -0.05) is 12.1 Å². The lowest BCUT2D eigenvalue weighted by Gasteiger charge is -2.11. The number of aryl methyl sites for hydroxylation is 1. The minimum atomic E-state index is -0.359. The molecule has 100 valence electrons. The van der Waals surface area contributed by atoms with Crippen LogP contribution in [0.15, 0.2) is 36.7 Å². The summed E-state index contributed by atoms with van der Waals surface area (Å²) in [6.07, 6.45) is 2.95. The van der Waals surface area contributed by atoms with E-state index >= 15 is 0 Å². The van der Waals surface area contributed by atoms with E-state index in [1.807, 2.05) is 13.0 Å². The van der Waals surface area contributed by atoms with Gasteiger partial charge in [-0.3, -0.25) is 15.6 Å². The molecule has 0 unspecified atom stereocenters. The van der Waals surface area contributed by atoms with E-state index in [0.29, 0.717) is 22.5 Å². The molecule has 0 saturated heterocycles. The van der Waals surface area contributed by atoms with Crippen molar-refractivity contribution in [2.45, 2.75) is 6.92 Å². The summed E-state index contributed by atoms with van der Waals surface area (Å²) in [6.45, 7) is 1.81. The number of hydrogen-bond acceptors (Lipinski definition) is 5. The number of nitriles is 1. The van der Waals surface area contributed by atoms with Crippen LogP contribution in [0.3, 0.4) is 0 Å². The summed E-state index contributed by atoms with van der Waals surface area (Å²) in [7, 11) is 0. The van der Waals surface area contributed by atoms with Crippen molar-refractivity contribution < 1.29 is 4.79 Å². The van der Waals surface area contributed by atoms with E-state index in [2.05, 4.69) is 21.8 Å². The zero-order valence-electron chi connectivity index (χ0n) is 10.8. The van der Waals surface area contributed by atoms with Gasteiger partial charge >= 0.3 is 0 Å². The fraction of sp³-hybridized carbons (Fsp3) is 0.0714. The van der Waals surface area contributed by atoms with E-state index in [0.717, 1.165) is 5.56 Å². The van der Waals surface area contributed by atoms with Gasteiger partial charge in [-0.05, 0) is 24.6 Å². The second kappa shape index (κ2) is 5.82. The van der Waals surface area contributed by atoms with Gasteiger partial charge in [0, 0.05) is 6.20 Å². The number of amides is 1. The third-order valence-corrected chi connectivity index (χ3v) is 2.85. The lowest BCUT2D eigenvalue weighted by atomic mass is 10.1. The van der Waals surface area contributed by atoms with Crippen molar-refractivity contribution >= 4 is 17.3 Å². The van der Waals surface area contributed by atoms with Crippen LogP contribution < -0.4 is 16.6 Å². The SMILES string of the molecule is Cc1cccc(NC(=O)c2ccncc2NN)c1C#N. The van der Waals surface area contributed by atoms with Gasteiger partial charge in [0.1, 0.15) is 6.07 Å². The first kappa shape index (κ1) is 13.5. The highest BCUT2D eigenvalue weighted by Gasteiger charge is 2.13. The predicted molar refractivity (Wildman–Crippen MR) is 75.9 cm³/mol. The molecule has 6 nitrogen and oxygen atoms in total. The van der Waals surface area contributed by atoms with Crippen molar-refractivity contribution in [3.8, 4) is 6.07 Å². The van der Waals surface area contributed by atoms with Gasteiger partial charge in [-0.25, -0.2) is 0 Å². The highest BCUT2D eigenvalue weighted by molar-refractivity contribution is 6.08. The van der Waals surface area contributed by atoms with Crippen molar-refractivity contribution in [2.24, 2.45) is 5.84 Å². The zero-order valence-corrected chi connectivity index (χ0v) is 10.8. The molecule has 0 aliphatic heterocycles. The Bertz CT molecular complexity index is 690. The summed E-state index contributed by atoms with van der Waals surface area (Å²) in [5.41, 5.74) is 4.90. The Morgan fingerprint density at radius 3 is 2.85 bits per heavy atom. The number of carbonyl (C=O) groups is 1. The van der Waals surface area contributed by atoms with Gasteiger partial charge in [-0.2, -0.15) is 5.26 Å². The van der Waals surface area contributed by atoms with Crippen LogP contribution in [0, 0.1) is 18.3 Å². The molecule has 2 aromatic rings. The van der Waals surface area contributed by atoms with Gasteiger partial charge in [0.2, 0.25) is 0 Å². The highest BCUT2D eigenvalue weighted by atomic mass is 16.1. The molecular formula is C14H13N5O. The van der Waals surface area contributed by atoms with Gasteiger partial charge in [-0.15, -0.1) is 0 Å². The summed E-state index contributed by atoms with van der Waals surface area (Å²) in [6, 6.07) is 8.90. The van der Waals surface area contributed by atoms with E-state index in [9.17, 15) is 4.79 Å². The minimum absolute atomic E-state index is 0.355. The van der Waals surface area contributed by atoms with Crippen LogP contribution in [0.5, 0.6) is 0 Å². The molecule has 0 saturated carbocycles. The quantitative estimate of drug-likeness (QED) is 0.581. The van der Waals surface area contributed by atoms with Crippen LogP contribution >= 0.6 is 0 Å². The number of carbonyl (C=O) groups excluding carboxylic acids is 1. The van der Waals surface area contributed by atoms with E-state index < -0.39 is 0 Å². The standard InChI is InChI=1S/C14H13N5O/c1-9-3-2-4-12(11(9)7-15)18-14(20)10-5-6-17-8-13(10)19-16/h2-6,8,19H,16H2,1H3,(H,18,20). The Labute approximate surface area is 116 Å². The van der Waals surface area contributed by atoms with Crippen molar-refractivity contribution in [2.75, 3.05) is 10.7 Å². The molecule has 0 radical (unpaired) electrons. The maximum Gasteiger partial charge on any atom is 0.257 e. The zero-order chi connectivity index (χ0) is 14.5. The Morgan fingerprint density at radius 1 is 1.35 bits per heavy atom. The number of nitrogens with one attached hydrogen (secondary N) is 2. The Kier molecular flexibility index (Phi) is 3.93. The molecule has 1 amide bonds. The van der Waals surface area contributed by atoms with Crippen LogP contribution in [0.1, 0.15) is 21.5 Å². The van der Waals surface area contributed by atoms with Gasteiger partial charge in [0.25, 0.3) is 5.91 Å². The molecule has 1 heterocycles. The molecule has 0 fully saturated rings. The smallest absolute Gasteiger partial charge is 0.257 e. The lowest BCUT2D eigenvalue weighted by molar-refractivity contribution is 0.102. The van der Waals surface area contributed by atoms with E-state index in [1.165, 1.54) is 12.4 Å². The molecule has 1 aromatic carbocycles. The second-order valence-electron chi connectivity index (χ2n) is 4.13. The fourth-order valence-corrected chi connectivity index (χ4v) is 1.82. The fourth-order valence-electron chi connectivity index (χ4n) is 1.82. The summed E-state index contributed by atoms with van der Waals surface area (Å²) < 4.78 is 0. The molecule has 2 rings (SSSR count). The Balaban J connectivity index is 2.34. The van der Waals surface area contributed by atoms with Gasteiger partial charge in [0.05, 0.1) is 28.7 Å². The average molecular weight is 267 g/mol. The van der Waals surface area contributed by atoms with Crippen LogP contribution in [0.4, 0.5) is 11.4 Å². The van der Waals surface area contributed by atoms with Crippen LogP contribution in [0.2, 0.25) is 0 Å². The van der Waals surface area contributed by atoms with Gasteiger partial charge in [0.15, 0.2) is 0 Å². The number of pyridine rings is 1. The number of nitrogens with zero attached hydrogens (tertiary/aromatic N) is 2. The topological polar surface area (TPSA) is 104 Å². The van der Waals surface area contributed by atoms with Crippen LogP contribution in [-0.2, 0) is 0 Å². The number of nitrogens with two attached hydrogens (primary N) is 1.